The zero-order valence-corrected chi connectivity index (χ0v) is 20.4. The molecule has 2 aromatic rings. The van der Waals surface area contributed by atoms with Gasteiger partial charge in [-0.1, -0.05) is 22.0 Å². The van der Waals surface area contributed by atoms with Gasteiger partial charge in [0.25, 0.3) is 5.91 Å². The molecule has 1 amide bonds. The standard InChI is InChI=1S/C18H24BrN5OS.HI/c1-12-13(2)26-16(24-12)11-23-18(20-3)22-9-5-8-21-17(25)14-6-4-7-15(19)10-14;/h4,6-7,10H,5,8-9,11H2,1-3H3,(H,21,25)(H2,20,22,23);1H. The van der Waals surface area contributed by atoms with E-state index in [9.17, 15) is 4.79 Å². The number of aryl methyl sites for hydroxylation is 2. The summed E-state index contributed by atoms with van der Waals surface area (Å²) in [5.41, 5.74) is 1.73. The topological polar surface area (TPSA) is 78.4 Å². The fourth-order valence-corrected chi connectivity index (χ4v) is 3.50. The molecule has 0 radical (unpaired) electrons. The average Bonchev–Trinajstić information content (AvgIpc) is 2.95. The van der Waals surface area contributed by atoms with Gasteiger partial charge in [-0.05, 0) is 38.5 Å². The van der Waals surface area contributed by atoms with E-state index in [1.807, 2.05) is 19.1 Å². The quantitative estimate of drug-likeness (QED) is 0.207. The van der Waals surface area contributed by atoms with Crippen molar-refractivity contribution >= 4 is 63.1 Å². The van der Waals surface area contributed by atoms with Crippen LogP contribution >= 0.6 is 51.2 Å². The van der Waals surface area contributed by atoms with Crippen LogP contribution < -0.4 is 16.0 Å². The summed E-state index contributed by atoms with van der Waals surface area (Å²) in [5.74, 6) is 0.664. The van der Waals surface area contributed by atoms with Crippen LogP contribution in [0, 0.1) is 13.8 Å². The van der Waals surface area contributed by atoms with Gasteiger partial charge in [0.2, 0.25) is 0 Å². The molecule has 0 unspecified atom stereocenters. The summed E-state index contributed by atoms with van der Waals surface area (Å²) in [6.07, 6.45) is 0.801. The molecule has 0 aliphatic carbocycles. The molecule has 0 fully saturated rings. The van der Waals surface area contributed by atoms with E-state index in [0.29, 0.717) is 25.2 Å². The van der Waals surface area contributed by atoms with Gasteiger partial charge in [0, 0.05) is 35.1 Å². The summed E-state index contributed by atoms with van der Waals surface area (Å²) in [7, 11) is 1.74. The number of hydrogen-bond acceptors (Lipinski definition) is 4. The molecule has 6 nitrogen and oxygen atoms in total. The molecule has 9 heteroatoms. The number of benzene rings is 1. The Bertz CT molecular complexity index is 761. The smallest absolute Gasteiger partial charge is 0.251 e. The van der Waals surface area contributed by atoms with Crippen LogP contribution in [0.1, 0.15) is 32.4 Å². The maximum atomic E-state index is 12.0. The molecule has 1 aromatic carbocycles. The molecule has 27 heavy (non-hydrogen) atoms. The van der Waals surface area contributed by atoms with Gasteiger partial charge >= 0.3 is 0 Å². The minimum absolute atomic E-state index is 0. The number of thiazole rings is 1. The first-order chi connectivity index (χ1) is 12.5. The van der Waals surface area contributed by atoms with Crippen molar-refractivity contribution in [1.29, 1.82) is 0 Å². The lowest BCUT2D eigenvalue weighted by molar-refractivity contribution is 0.0953. The fraction of sp³-hybridized carbons (Fsp3) is 0.389. The summed E-state index contributed by atoms with van der Waals surface area (Å²) in [6.45, 7) is 6.06. The van der Waals surface area contributed by atoms with Gasteiger partial charge in [0.1, 0.15) is 5.01 Å². The third-order valence-corrected chi connectivity index (χ3v) is 5.29. The number of nitrogens with one attached hydrogen (secondary N) is 3. The number of hydrogen-bond donors (Lipinski definition) is 3. The maximum Gasteiger partial charge on any atom is 0.251 e. The summed E-state index contributed by atoms with van der Waals surface area (Å²) in [4.78, 5) is 22.0. The number of guanidine groups is 1. The van der Waals surface area contributed by atoms with Crippen molar-refractivity contribution in [1.82, 2.24) is 20.9 Å². The molecule has 0 saturated carbocycles. The van der Waals surface area contributed by atoms with Gasteiger partial charge in [-0.3, -0.25) is 9.79 Å². The lowest BCUT2D eigenvalue weighted by Crippen LogP contribution is -2.38. The van der Waals surface area contributed by atoms with E-state index in [2.05, 4.69) is 48.8 Å². The van der Waals surface area contributed by atoms with Gasteiger partial charge in [0.15, 0.2) is 5.96 Å². The number of halogens is 2. The molecule has 0 saturated heterocycles. The van der Waals surface area contributed by atoms with E-state index in [1.165, 1.54) is 4.88 Å². The van der Waals surface area contributed by atoms with Crippen molar-refractivity contribution < 1.29 is 4.79 Å². The Labute approximate surface area is 189 Å². The highest BCUT2D eigenvalue weighted by Crippen LogP contribution is 2.15. The third-order valence-electron chi connectivity index (χ3n) is 3.72. The van der Waals surface area contributed by atoms with Crippen LogP contribution in [0.4, 0.5) is 0 Å². The number of aromatic nitrogens is 1. The normalized spacial score (nSPS) is 10.9. The van der Waals surface area contributed by atoms with E-state index in [-0.39, 0.29) is 29.9 Å². The summed E-state index contributed by atoms with van der Waals surface area (Å²) in [6, 6.07) is 7.35. The third kappa shape index (κ3) is 8.14. The van der Waals surface area contributed by atoms with E-state index in [0.717, 1.165) is 27.6 Å². The Morgan fingerprint density at radius 3 is 2.59 bits per heavy atom. The van der Waals surface area contributed by atoms with Crippen LogP contribution in [0.2, 0.25) is 0 Å². The second-order valence-corrected chi connectivity index (χ2v) is 7.92. The molecule has 0 spiro atoms. The minimum Gasteiger partial charge on any atom is -0.356 e. The molecule has 0 bridgehead atoms. The van der Waals surface area contributed by atoms with Crippen molar-refractivity contribution in [2.24, 2.45) is 4.99 Å². The number of carbonyl (C=O) groups is 1. The number of aliphatic imine (C=N–C) groups is 1. The van der Waals surface area contributed by atoms with Crippen LogP contribution in [-0.4, -0.2) is 37.0 Å². The molecular formula is C18H25BrIN5OS. The predicted molar refractivity (Wildman–Crippen MR) is 126 cm³/mol. The zero-order valence-electron chi connectivity index (χ0n) is 15.6. The van der Waals surface area contributed by atoms with Crippen molar-refractivity contribution in [2.45, 2.75) is 26.8 Å². The van der Waals surface area contributed by atoms with Crippen molar-refractivity contribution in [2.75, 3.05) is 20.1 Å². The van der Waals surface area contributed by atoms with Crippen LogP contribution in [0.15, 0.2) is 33.7 Å². The highest BCUT2D eigenvalue weighted by Gasteiger charge is 2.06. The Hall–Kier alpha value is -1.20. The first kappa shape index (κ1) is 23.8. The first-order valence-corrected chi connectivity index (χ1v) is 10.0. The molecule has 1 heterocycles. The molecule has 2 rings (SSSR count). The Morgan fingerprint density at radius 1 is 1.22 bits per heavy atom. The Morgan fingerprint density at radius 2 is 1.96 bits per heavy atom. The number of carbonyl (C=O) groups excluding carboxylic acids is 1. The summed E-state index contributed by atoms with van der Waals surface area (Å²) in [5, 5.41) is 10.5. The van der Waals surface area contributed by atoms with Crippen LogP contribution in [-0.2, 0) is 6.54 Å². The minimum atomic E-state index is -0.0664. The van der Waals surface area contributed by atoms with E-state index < -0.39 is 0 Å². The molecule has 3 N–H and O–H groups in total. The van der Waals surface area contributed by atoms with Gasteiger partial charge in [-0.25, -0.2) is 4.98 Å². The Kier molecular flexibility index (Phi) is 10.9. The monoisotopic (exact) mass is 565 g/mol. The number of amides is 1. The molecule has 0 aliphatic heterocycles. The first-order valence-electron chi connectivity index (χ1n) is 8.40. The number of nitrogens with zero attached hydrogens (tertiary/aromatic N) is 2. The van der Waals surface area contributed by atoms with E-state index >= 15 is 0 Å². The second kappa shape index (κ2) is 12.3. The lowest BCUT2D eigenvalue weighted by Gasteiger charge is -2.11. The molecular weight excluding hydrogens is 541 g/mol. The largest absolute Gasteiger partial charge is 0.356 e. The Balaban J connectivity index is 0.00000364. The molecule has 1 aromatic heterocycles. The van der Waals surface area contributed by atoms with Crippen LogP contribution in [0.3, 0.4) is 0 Å². The fourth-order valence-electron chi connectivity index (χ4n) is 2.22. The second-order valence-electron chi connectivity index (χ2n) is 5.72. The molecule has 0 aliphatic rings. The summed E-state index contributed by atoms with van der Waals surface area (Å²) < 4.78 is 0.896. The van der Waals surface area contributed by atoms with Crippen LogP contribution in [0.5, 0.6) is 0 Å². The molecule has 148 valence electrons. The highest BCUT2D eigenvalue weighted by atomic mass is 127. The van der Waals surface area contributed by atoms with Gasteiger partial charge < -0.3 is 16.0 Å². The van der Waals surface area contributed by atoms with Gasteiger partial charge in [0.05, 0.1) is 12.2 Å². The number of rotatable bonds is 7. The molecule has 0 atom stereocenters. The predicted octanol–water partition coefficient (Wildman–Crippen LogP) is 3.63. The SMILES string of the molecule is CN=C(NCCCNC(=O)c1cccc(Br)c1)NCc1nc(C)c(C)s1.I. The highest BCUT2D eigenvalue weighted by molar-refractivity contribution is 14.0. The van der Waals surface area contributed by atoms with Crippen LogP contribution in [0.25, 0.3) is 0 Å². The van der Waals surface area contributed by atoms with Gasteiger partial charge in [-0.15, -0.1) is 35.3 Å². The summed E-state index contributed by atoms with van der Waals surface area (Å²) >= 11 is 5.06. The van der Waals surface area contributed by atoms with Crippen molar-refractivity contribution in [3.8, 4) is 0 Å². The van der Waals surface area contributed by atoms with Crippen molar-refractivity contribution in [3.63, 3.8) is 0 Å². The van der Waals surface area contributed by atoms with Gasteiger partial charge in [-0.2, -0.15) is 0 Å². The maximum absolute atomic E-state index is 12.0. The van der Waals surface area contributed by atoms with E-state index in [4.69, 9.17) is 0 Å². The lowest BCUT2D eigenvalue weighted by atomic mass is 10.2. The average molecular weight is 566 g/mol. The zero-order chi connectivity index (χ0) is 18.9. The van der Waals surface area contributed by atoms with E-state index in [1.54, 1.807) is 30.5 Å². The van der Waals surface area contributed by atoms with Crippen molar-refractivity contribution in [3.05, 3.63) is 49.9 Å².